The van der Waals surface area contributed by atoms with Gasteiger partial charge in [0.2, 0.25) is 0 Å². The number of carbonyl (C=O) groups is 2. The van der Waals surface area contributed by atoms with Crippen LogP contribution in [0.5, 0.6) is 5.75 Å². The number of pyridine rings is 1. The SMILES string of the molecule is Cc1cc(C(=O)c2ccc(=O)n(-c3c(F)cc(OCCCN[C@H](C(=O)OC4CCCC4)c4ccccc4)cc3F)c2N)ccc1F. The first kappa shape index (κ1) is 32.5. The van der Waals surface area contributed by atoms with Gasteiger partial charge in [0, 0.05) is 23.8 Å². The second-order valence-electron chi connectivity index (χ2n) is 11.2. The summed E-state index contributed by atoms with van der Waals surface area (Å²) in [6.07, 6.45) is 4.10. The summed E-state index contributed by atoms with van der Waals surface area (Å²) in [5, 5.41) is 3.19. The molecule has 240 valence electrons. The lowest BCUT2D eigenvalue weighted by Crippen LogP contribution is -2.33. The number of halogens is 3. The molecule has 1 atom stereocenters. The van der Waals surface area contributed by atoms with E-state index in [0.29, 0.717) is 17.5 Å². The van der Waals surface area contributed by atoms with Gasteiger partial charge in [-0.2, -0.15) is 0 Å². The van der Waals surface area contributed by atoms with Crippen LogP contribution in [0.4, 0.5) is 19.0 Å². The molecule has 0 radical (unpaired) electrons. The van der Waals surface area contributed by atoms with E-state index in [0.717, 1.165) is 61.6 Å². The van der Waals surface area contributed by atoms with E-state index in [1.54, 1.807) is 0 Å². The number of nitrogens with zero attached hydrogens (tertiary/aromatic N) is 1. The standard InChI is InChI=1S/C35H34F3N3O5/c1-21-18-23(12-14-27(21)36)33(43)26-13-15-30(42)41(34(26)39)32-28(37)19-25(20-29(32)38)45-17-7-16-40-31(22-8-3-2-4-9-22)35(44)46-24-10-5-6-11-24/h2-4,8-9,12-15,18-20,24,31,40H,5-7,10-11,16-17,39H2,1H3/t31-/m0/s1. The van der Waals surface area contributed by atoms with Gasteiger partial charge in [0.25, 0.3) is 5.56 Å². The van der Waals surface area contributed by atoms with Gasteiger partial charge in [0.15, 0.2) is 17.4 Å². The van der Waals surface area contributed by atoms with Gasteiger partial charge < -0.3 is 20.5 Å². The molecule has 1 aliphatic rings. The molecular weight excluding hydrogens is 599 g/mol. The molecule has 4 aromatic rings. The van der Waals surface area contributed by atoms with Crippen molar-refractivity contribution in [1.82, 2.24) is 9.88 Å². The van der Waals surface area contributed by atoms with Gasteiger partial charge >= 0.3 is 5.97 Å². The summed E-state index contributed by atoms with van der Waals surface area (Å²) in [7, 11) is 0. The minimum Gasteiger partial charge on any atom is -0.493 e. The molecule has 0 amide bonds. The van der Waals surface area contributed by atoms with Crippen molar-refractivity contribution in [1.29, 1.82) is 0 Å². The highest BCUT2D eigenvalue weighted by Gasteiger charge is 2.27. The van der Waals surface area contributed by atoms with Gasteiger partial charge in [0.05, 0.1) is 12.2 Å². The summed E-state index contributed by atoms with van der Waals surface area (Å²) < 4.78 is 56.2. The van der Waals surface area contributed by atoms with Crippen LogP contribution in [0.3, 0.4) is 0 Å². The molecule has 0 saturated heterocycles. The Morgan fingerprint density at radius 2 is 1.65 bits per heavy atom. The van der Waals surface area contributed by atoms with E-state index in [1.807, 2.05) is 30.3 Å². The van der Waals surface area contributed by atoms with Crippen molar-refractivity contribution < 1.29 is 32.2 Å². The fraction of sp³-hybridized carbons (Fsp3) is 0.286. The molecule has 8 nitrogen and oxygen atoms in total. The molecule has 11 heteroatoms. The third-order valence-corrected chi connectivity index (χ3v) is 7.90. The molecule has 1 fully saturated rings. The Hall–Kier alpha value is -4.90. The second-order valence-corrected chi connectivity index (χ2v) is 11.2. The molecular formula is C35H34F3N3O5. The van der Waals surface area contributed by atoms with Crippen molar-refractivity contribution >= 4 is 17.6 Å². The molecule has 0 aliphatic heterocycles. The van der Waals surface area contributed by atoms with Crippen LogP contribution in [0.15, 0.2) is 77.6 Å². The monoisotopic (exact) mass is 633 g/mol. The summed E-state index contributed by atoms with van der Waals surface area (Å²) in [6, 6.07) is 16.2. The van der Waals surface area contributed by atoms with E-state index in [2.05, 4.69) is 5.32 Å². The molecule has 1 saturated carbocycles. The number of ketones is 1. The third-order valence-electron chi connectivity index (χ3n) is 7.90. The van der Waals surface area contributed by atoms with Gasteiger partial charge in [-0.1, -0.05) is 30.3 Å². The summed E-state index contributed by atoms with van der Waals surface area (Å²) >= 11 is 0. The Kier molecular flexibility index (Phi) is 10.2. The Balaban J connectivity index is 1.25. The lowest BCUT2D eigenvalue weighted by Gasteiger charge is -2.21. The Labute approximate surface area is 264 Å². The lowest BCUT2D eigenvalue weighted by molar-refractivity contribution is -0.151. The van der Waals surface area contributed by atoms with Crippen LogP contribution in [-0.2, 0) is 9.53 Å². The maximum Gasteiger partial charge on any atom is 0.328 e. The molecule has 0 unspecified atom stereocenters. The number of rotatable bonds is 12. The molecule has 1 heterocycles. The fourth-order valence-corrected chi connectivity index (χ4v) is 5.49. The number of carbonyl (C=O) groups excluding carboxylic acids is 2. The van der Waals surface area contributed by atoms with Crippen LogP contribution in [0.25, 0.3) is 5.69 Å². The van der Waals surface area contributed by atoms with Crippen molar-refractivity contribution in [2.75, 3.05) is 18.9 Å². The Bertz CT molecular complexity index is 1770. The van der Waals surface area contributed by atoms with Crippen molar-refractivity contribution in [2.24, 2.45) is 0 Å². The number of anilines is 1. The Morgan fingerprint density at radius 3 is 2.33 bits per heavy atom. The molecule has 0 spiro atoms. The number of nitrogens with two attached hydrogens (primary N) is 1. The van der Waals surface area contributed by atoms with E-state index >= 15 is 8.78 Å². The number of esters is 1. The molecule has 3 N–H and O–H groups in total. The minimum atomic E-state index is -1.14. The van der Waals surface area contributed by atoms with Gasteiger partial charge in [-0.3, -0.25) is 14.2 Å². The molecule has 1 aromatic heterocycles. The number of hydrogen-bond donors (Lipinski definition) is 2. The van der Waals surface area contributed by atoms with E-state index in [9.17, 15) is 18.8 Å². The summed E-state index contributed by atoms with van der Waals surface area (Å²) in [4.78, 5) is 38.8. The average molecular weight is 634 g/mol. The maximum atomic E-state index is 15.3. The number of ether oxygens (including phenoxy) is 2. The van der Waals surface area contributed by atoms with Crippen LogP contribution in [-0.4, -0.2) is 35.6 Å². The van der Waals surface area contributed by atoms with Gasteiger partial charge in [-0.25, -0.2) is 18.0 Å². The Morgan fingerprint density at radius 1 is 0.957 bits per heavy atom. The number of aryl methyl sites for hydroxylation is 1. The topological polar surface area (TPSA) is 113 Å². The van der Waals surface area contributed by atoms with Gasteiger partial charge in [-0.15, -0.1) is 0 Å². The number of nitrogens with one attached hydrogen (secondary N) is 1. The zero-order valence-electron chi connectivity index (χ0n) is 25.2. The first-order chi connectivity index (χ1) is 22.1. The summed E-state index contributed by atoms with van der Waals surface area (Å²) in [5.41, 5.74) is 5.37. The van der Waals surface area contributed by atoms with Crippen molar-refractivity contribution in [3.8, 4) is 11.4 Å². The normalized spacial score (nSPS) is 13.8. The van der Waals surface area contributed by atoms with Gasteiger partial charge in [-0.05, 0) is 81.0 Å². The second kappa shape index (κ2) is 14.5. The lowest BCUT2D eigenvalue weighted by atomic mass is 10.0. The van der Waals surface area contributed by atoms with Crippen LogP contribution in [0.1, 0.15) is 65.2 Å². The predicted molar refractivity (Wildman–Crippen MR) is 167 cm³/mol. The predicted octanol–water partition coefficient (Wildman–Crippen LogP) is 5.96. The first-order valence-electron chi connectivity index (χ1n) is 15.1. The molecule has 3 aromatic carbocycles. The quantitative estimate of drug-likeness (QED) is 0.112. The molecule has 46 heavy (non-hydrogen) atoms. The van der Waals surface area contributed by atoms with E-state index in [1.165, 1.54) is 19.1 Å². The molecule has 0 bridgehead atoms. The van der Waals surface area contributed by atoms with E-state index in [4.69, 9.17) is 15.2 Å². The number of nitrogen functional groups attached to an aromatic ring is 1. The fourth-order valence-electron chi connectivity index (χ4n) is 5.49. The summed E-state index contributed by atoms with van der Waals surface area (Å²) in [6.45, 7) is 1.90. The number of aromatic nitrogens is 1. The van der Waals surface area contributed by atoms with Crippen molar-refractivity contribution in [3.63, 3.8) is 0 Å². The number of hydrogen-bond acceptors (Lipinski definition) is 7. The minimum absolute atomic E-state index is 0.0631. The highest BCUT2D eigenvalue weighted by atomic mass is 19.1. The molecule has 1 aliphatic carbocycles. The van der Waals surface area contributed by atoms with Crippen LogP contribution >= 0.6 is 0 Å². The third kappa shape index (κ3) is 7.31. The number of benzene rings is 3. The van der Waals surface area contributed by atoms with Crippen LogP contribution in [0, 0.1) is 24.4 Å². The van der Waals surface area contributed by atoms with E-state index in [-0.39, 0.29) is 41.1 Å². The average Bonchev–Trinajstić information content (AvgIpc) is 3.54. The largest absolute Gasteiger partial charge is 0.493 e. The zero-order valence-corrected chi connectivity index (χ0v) is 25.2. The van der Waals surface area contributed by atoms with Gasteiger partial charge in [0.1, 0.15) is 35.2 Å². The van der Waals surface area contributed by atoms with Crippen molar-refractivity contribution in [3.05, 3.63) is 123 Å². The smallest absolute Gasteiger partial charge is 0.328 e. The first-order valence-corrected chi connectivity index (χ1v) is 15.1. The maximum absolute atomic E-state index is 15.3. The summed E-state index contributed by atoms with van der Waals surface area (Å²) in [5.74, 6) is -4.38. The zero-order chi connectivity index (χ0) is 32.8. The van der Waals surface area contributed by atoms with Crippen LogP contribution in [0.2, 0.25) is 0 Å². The molecule has 5 rings (SSSR count). The highest BCUT2D eigenvalue weighted by Crippen LogP contribution is 2.28. The van der Waals surface area contributed by atoms with Crippen molar-refractivity contribution in [2.45, 2.75) is 51.2 Å². The highest BCUT2D eigenvalue weighted by molar-refractivity contribution is 6.11. The van der Waals surface area contributed by atoms with Crippen LogP contribution < -0.4 is 21.3 Å². The van der Waals surface area contributed by atoms with E-state index < -0.39 is 46.3 Å².